The van der Waals surface area contributed by atoms with Crippen molar-refractivity contribution in [3.05, 3.63) is 90.3 Å². The molecule has 0 bridgehead atoms. The zero-order valence-electron chi connectivity index (χ0n) is 18.1. The van der Waals surface area contributed by atoms with Crippen LogP contribution < -0.4 is 4.90 Å². The molecular weight excluding hydrogens is 382 g/mol. The largest absolute Gasteiger partial charge is 0.322 e. The Morgan fingerprint density at radius 3 is 2.61 bits per heavy atom. The third-order valence-electron chi connectivity index (χ3n) is 5.90. The van der Waals surface area contributed by atoms with Gasteiger partial charge in [0.15, 0.2) is 5.82 Å². The van der Waals surface area contributed by atoms with Crippen LogP contribution in [0.3, 0.4) is 0 Å². The molecule has 0 fully saturated rings. The lowest BCUT2D eigenvalue weighted by atomic mass is 9.97. The maximum atomic E-state index is 4.91. The van der Waals surface area contributed by atoms with Crippen molar-refractivity contribution in [3.8, 4) is 22.6 Å². The number of aryl methyl sites for hydroxylation is 1. The molecule has 2 aromatic heterocycles. The Hall–Kier alpha value is -3.73. The summed E-state index contributed by atoms with van der Waals surface area (Å²) in [5, 5.41) is 8.38. The van der Waals surface area contributed by atoms with E-state index in [1.54, 1.807) is 6.33 Å². The summed E-state index contributed by atoms with van der Waals surface area (Å²) in [7, 11) is 0. The Balaban J connectivity index is 1.49. The number of pyridine rings is 1. The minimum Gasteiger partial charge on any atom is -0.322 e. The van der Waals surface area contributed by atoms with Gasteiger partial charge in [-0.05, 0) is 61.2 Å². The summed E-state index contributed by atoms with van der Waals surface area (Å²) in [6, 6.07) is 21.4. The van der Waals surface area contributed by atoms with E-state index in [4.69, 9.17) is 4.98 Å². The standard InChI is InChI=1S/C26H25N5/c1-17(2)31-16-27-29-26(31)24-10-7-11-25(28-24)30-15-21-13-12-20(14-23(21)19(30)4)22-9-6-5-8-18(22)3/h5-14,16-17H,4,15H2,1-3H3. The molecule has 0 saturated heterocycles. The van der Waals surface area contributed by atoms with Gasteiger partial charge in [0.2, 0.25) is 0 Å². The first-order valence-corrected chi connectivity index (χ1v) is 10.6. The molecule has 1 aliphatic rings. The van der Waals surface area contributed by atoms with Crippen LogP contribution in [0, 0.1) is 6.92 Å². The van der Waals surface area contributed by atoms with Gasteiger partial charge in [-0.2, -0.15) is 0 Å². The van der Waals surface area contributed by atoms with Crippen molar-refractivity contribution in [2.24, 2.45) is 0 Å². The molecule has 0 atom stereocenters. The van der Waals surface area contributed by atoms with Crippen LogP contribution in [-0.2, 0) is 6.54 Å². The highest BCUT2D eigenvalue weighted by atomic mass is 15.3. The van der Waals surface area contributed by atoms with E-state index in [1.807, 2.05) is 22.8 Å². The average Bonchev–Trinajstić information content (AvgIpc) is 3.39. The highest BCUT2D eigenvalue weighted by molar-refractivity contribution is 5.85. The monoisotopic (exact) mass is 407 g/mol. The van der Waals surface area contributed by atoms with Crippen molar-refractivity contribution in [1.29, 1.82) is 0 Å². The first kappa shape index (κ1) is 19.2. The van der Waals surface area contributed by atoms with Crippen molar-refractivity contribution in [2.75, 3.05) is 4.90 Å². The predicted octanol–water partition coefficient (Wildman–Crippen LogP) is 5.89. The molecule has 0 amide bonds. The van der Waals surface area contributed by atoms with Gasteiger partial charge in [0, 0.05) is 17.3 Å². The van der Waals surface area contributed by atoms with Crippen LogP contribution in [0.2, 0.25) is 0 Å². The van der Waals surface area contributed by atoms with Crippen LogP contribution in [0.1, 0.15) is 36.6 Å². The first-order chi connectivity index (χ1) is 15.0. The second-order valence-corrected chi connectivity index (χ2v) is 8.26. The fourth-order valence-corrected chi connectivity index (χ4v) is 4.18. The van der Waals surface area contributed by atoms with Crippen LogP contribution in [0.15, 0.2) is 73.6 Å². The van der Waals surface area contributed by atoms with E-state index in [0.29, 0.717) is 0 Å². The van der Waals surface area contributed by atoms with Crippen LogP contribution >= 0.6 is 0 Å². The normalized spacial score (nSPS) is 13.2. The molecule has 0 aliphatic carbocycles. The molecule has 31 heavy (non-hydrogen) atoms. The van der Waals surface area contributed by atoms with Crippen LogP contribution in [0.4, 0.5) is 5.82 Å². The Morgan fingerprint density at radius 1 is 0.968 bits per heavy atom. The molecule has 5 nitrogen and oxygen atoms in total. The average molecular weight is 408 g/mol. The Bertz CT molecular complexity index is 1280. The fourth-order valence-electron chi connectivity index (χ4n) is 4.18. The van der Waals surface area contributed by atoms with E-state index in [2.05, 4.69) is 84.9 Å². The van der Waals surface area contributed by atoms with Gasteiger partial charge in [-0.3, -0.25) is 0 Å². The lowest BCUT2D eigenvalue weighted by Gasteiger charge is -2.19. The highest BCUT2D eigenvalue weighted by Gasteiger charge is 2.25. The lowest BCUT2D eigenvalue weighted by molar-refractivity contribution is 0.603. The lowest BCUT2D eigenvalue weighted by Crippen LogP contribution is -2.15. The zero-order valence-corrected chi connectivity index (χ0v) is 18.1. The number of rotatable bonds is 4. The van der Waals surface area contributed by atoms with Crippen molar-refractivity contribution in [1.82, 2.24) is 19.7 Å². The zero-order chi connectivity index (χ0) is 21.5. The second-order valence-electron chi connectivity index (χ2n) is 8.26. The SMILES string of the molecule is C=C1c2cc(-c3ccccc3C)ccc2CN1c1cccc(-c2nncn2C(C)C)n1. The molecule has 5 rings (SSSR count). The van der Waals surface area contributed by atoms with Gasteiger partial charge in [0.05, 0.1) is 6.54 Å². The maximum Gasteiger partial charge on any atom is 0.182 e. The summed E-state index contributed by atoms with van der Waals surface area (Å²) in [6.45, 7) is 11.5. The molecule has 0 saturated carbocycles. The summed E-state index contributed by atoms with van der Waals surface area (Å²) in [6.07, 6.45) is 1.76. The summed E-state index contributed by atoms with van der Waals surface area (Å²) in [5.74, 6) is 1.65. The van der Waals surface area contributed by atoms with Crippen LogP contribution in [0.5, 0.6) is 0 Å². The summed E-state index contributed by atoms with van der Waals surface area (Å²) < 4.78 is 2.04. The molecule has 2 aromatic carbocycles. The molecule has 5 heteroatoms. The van der Waals surface area contributed by atoms with Crippen molar-refractivity contribution < 1.29 is 0 Å². The summed E-state index contributed by atoms with van der Waals surface area (Å²) in [4.78, 5) is 7.08. The summed E-state index contributed by atoms with van der Waals surface area (Å²) >= 11 is 0. The molecule has 4 aromatic rings. The molecule has 3 heterocycles. The Labute approximate surface area is 182 Å². The Kier molecular flexibility index (Phi) is 4.66. The number of nitrogens with zero attached hydrogens (tertiary/aromatic N) is 5. The van der Waals surface area contributed by atoms with Gasteiger partial charge in [-0.25, -0.2) is 4.98 Å². The number of benzene rings is 2. The van der Waals surface area contributed by atoms with Crippen molar-refractivity contribution >= 4 is 11.5 Å². The number of anilines is 1. The predicted molar refractivity (Wildman–Crippen MR) is 125 cm³/mol. The van der Waals surface area contributed by atoms with Gasteiger partial charge >= 0.3 is 0 Å². The smallest absolute Gasteiger partial charge is 0.182 e. The van der Waals surface area contributed by atoms with Crippen LogP contribution in [0.25, 0.3) is 28.3 Å². The minimum atomic E-state index is 0.265. The minimum absolute atomic E-state index is 0.265. The Morgan fingerprint density at radius 2 is 1.81 bits per heavy atom. The van der Waals surface area contributed by atoms with Crippen molar-refractivity contribution in [2.45, 2.75) is 33.4 Å². The molecule has 0 unspecified atom stereocenters. The first-order valence-electron chi connectivity index (χ1n) is 10.6. The van der Waals surface area contributed by atoms with E-state index in [-0.39, 0.29) is 6.04 Å². The van der Waals surface area contributed by atoms with Gasteiger partial charge < -0.3 is 9.47 Å². The van der Waals surface area contributed by atoms with Gasteiger partial charge in [-0.1, -0.05) is 49.0 Å². The number of hydrogen-bond acceptors (Lipinski definition) is 4. The molecule has 0 radical (unpaired) electrons. The van der Waals surface area contributed by atoms with Gasteiger partial charge in [0.1, 0.15) is 17.8 Å². The van der Waals surface area contributed by atoms with E-state index >= 15 is 0 Å². The number of fused-ring (bicyclic) bond motifs is 1. The third-order valence-corrected chi connectivity index (χ3v) is 5.90. The summed E-state index contributed by atoms with van der Waals surface area (Å²) in [5.41, 5.74) is 7.97. The van der Waals surface area contributed by atoms with E-state index < -0.39 is 0 Å². The van der Waals surface area contributed by atoms with Crippen molar-refractivity contribution in [3.63, 3.8) is 0 Å². The van der Waals surface area contributed by atoms with E-state index in [0.717, 1.165) is 29.6 Å². The maximum absolute atomic E-state index is 4.91. The second kappa shape index (κ2) is 7.51. The molecular formula is C26H25N5. The fraction of sp³-hybridized carbons (Fsp3) is 0.192. The quantitative estimate of drug-likeness (QED) is 0.423. The topological polar surface area (TPSA) is 46.8 Å². The molecule has 0 N–H and O–H groups in total. The van der Waals surface area contributed by atoms with E-state index in [9.17, 15) is 0 Å². The molecule has 154 valence electrons. The highest BCUT2D eigenvalue weighted by Crippen LogP contribution is 2.38. The molecule has 0 spiro atoms. The van der Waals surface area contributed by atoms with Gasteiger partial charge in [-0.15, -0.1) is 10.2 Å². The van der Waals surface area contributed by atoms with Gasteiger partial charge in [0.25, 0.3) is 0 Å². The van der Waals surface area contributed by atoms with E-state index in [1.165, 1.54) is 27.8 Å². The van der Waals surface area contributed by atoms with Crippen LogP contribution in [-0.4, -0.2) is 19.7 Å². The number of hydrogen-bond donors (Lipinski definition) is 0. The third kappa shape index (κ3) is 3.32. The number of aromatic nitrogens is 4. The molecule has 1 aliphatic heterocycles.